The first-order chi connectivity index (χ1) is 9.82. The van der Waals surface area contributed by atoms with Crippen molar-refractivity contribution in [2.45, 2.75) is 26.7 Å². The Morgan fingerprint density at radius 2 is 2.05 bits per heavy atom. The number of carbonyl (C=O) groups is 1. The summed E-state index contributed by atoms with van der Waals surface area (Å²) in [7, 11) is 0. The molecule has 0 atom stereocenters. The van der Waals surface area contributed by atoms with Crippen molar-refractivity contribution in [2.24, 2.45) is 5.92 Å². The fraction of sp³-hybridized carbons (Fsp3) is 0.538. The average Bonchev–Trinajstić information content (AvgIpc) is 2.43. The van der Waals surface area contributed by atoms with Crippen LogP contribution in [0.4, 0.5) is 10.1 Å². The molecule has 21 heavy (non-hydrogen) atoms. The van der Waals surface area contributed by atoms with E-state index in [0.29, 0.717) is 12.5 Å². The number of ether oxygens (including phenoxy) is 2. The molecule has 118 valence electrons. The van der Waals surface area contributed by atoms with Gasteiger partial charge in [-0.1, -0.05) is 37.0 Å². The van der Waals surface area contributed by atoms with Crippen molar-refractivity contribution in [3.8, 4) is 5.88 Å². The van der Waals surface area contributed by atoms with Gasteiger partial charge in [0.05, 0.1) is 12.3 Å². The SMILES string of the molecule is CC(C)CCCOC(=O)COc1nc(F)c(Cl)c(N)c1Cl. The van der Waals surface area contributed by atoms with E-state index in [-0.39, 0.29) is 21.6 Å². The molecule has 5 nitrogen and oxygen atoms in total. The summed E-state index contributed by atoms with van der Waals surface area (Å²) in [6.45, 7) is 4.03. The van der Waals surface area contributed by atoms with Gasteiger partial charge in [-0.25, -0.2) is 4.79 Å². The van der Waals surface area contributed by atoms with Gasteiger partial charge >= 0.3 is 5.97 Å². The molecule has 0 aliphatic heterocycles. The average molecular weight is 339 g/mol. The fourth-order valence-electron chi connectivity index (χ4n) is 1.45. The molecule has 8 heteroatoms. The van der Waals surface area contributed by atoms with Gasteiger partial charge in [0.2, 0.25) is 11.8 Å². The van der Waals surface area contributed by atoms with Gasteiger partial charge in [0, 0.05) is 0 Å². The van der Waals surface area contributed by atoms with E-state index in [1.54, 1.807) is 0 Å². The number of esters is 1. The molecule has 2 N–H and O–H groups in total. The van der Waals surface area contributed by atoms with Gasteiger partial charge in [-0.2, -0.15) is 9.37 Å². The third-order valence-corrected chi connectivity index (χ3v) is 3.28. The Bertz CT molecular complexity index is 513. The summed E-state index contributed by atoms with van der Waals surface area (Å²) in [5.74, 6) is -1.36. The van der Waals surface area contributed by atoms with Crippen LogP contribution in [0.15, 0.2) is 0 Å². The van der Waals surface area contributed by atoms with Crippen LogP contribution in [0.2, 0.25) is 10.0 Å². The van der Waals surface area contributed by atoms with Crippen molar-refractivity contribution >= 4 is 34.9 Å². The second-order valence-electron chi connectivity index (χ2n) is 4.79. The summed E-state index contributed by atoms with van der Waals surface area (Å²) in [5.41, 5.74) is 5.29. The van der Waals surface area contributed by atoms with Crippen LogP contribution in [0.5, 0.6) is 5.88 Å². The molecule has 0 aliphatic rings. The maximum atomic E-state index is 13.3. The number of aromatic nitrogens is 1. The van der Waals surface area contributed by atoms with E-state index in [0.717, 1.165) is 12.8 Å². The number of carbonyl (C=O) groups excluding carboxylic acids is 1. The smallest absolute Gasteiger partial charge is 0.344 e. The summed E-state index contributed by atoms with van der Waals surface area (Å²) < 4.78 is 23.2. The molecule has 1 heterocycles. The number of hydrogen-bond acceptors (Lipinski definition) is 5. The predicted molar refractivity (Wildman–Crippen MR) is 79.2 cm³/mol. The Balaban J connectivity index is 2.47. The van der Waals surface area contributed by atoms with Crippen LogP contribution in [0.1, 0.15) is 26.7 Å². The zero-order chi connectivity index (χ0) is 16.0. The molecule has 0 amide bonds. The molecule has 1 aromatic heterocycles. The summed E-state index contributed by atoms with van der Waals surface area (Å²) in [6, 6.07) is 0. The van der Waals surface area contributed by atoms with E-state index < -0.39 is 18.5 Å². The minimum absolute atomic E-state index is 0.144. The van der Waals surface area contributed by atoms with E-state index in [4.69, 9.17) is 38.4 Å². The molecule has 0 saturated carbocycles. The lowest BCUT2D eigenvalue weighted by Gasteiger charge is -2.10. The lowest BCUT2D eigenvalue weighted by Crippen LogP contribution is -2.16. The standard InChI is InChI=1S/C13H17Cl2FN2O3/c1-7(2)4-3-5-20-8(19)6-21-13-10(15)11(17)9(14)12(16)18-13/h7H,3-6H2,1-2H3,(H2,17,18). The van der Waals surface area contributed by atoms with Crippen molar-refractivity contribution in [2.75, 3.05) is 18.9 Å². The second-order valence-corrected chi connectivity index (χ2v) is 5.55. The minimum Gasteiger partial charge on any atom is -0.464 e. The lowest BCUT2D eigenvalue weighted by molar-refractivity contribution is -0.146. The monoisotopic (exact) mass is 338 g/mol. The van der Waals surface area contributed by atoms with Gasteiger partial charge in [0.15, 0.2) is 6.61 Å². The first kappa shape index (κ1) is 17.8. The zero-order valence-corrected chi connectivity index (χ0v) is 13.3. The largest absolute Gasteiger partial charge is 0.464 e. The van der Waals surface area contributed by atoms with Crippen molar-refractivity contribution in [1.29, 1.82) is 0 Å². The van der Waals surface area contributed by atoms with Crippen molar-refractivity contribution in [3.63, 3.8) is 0 Å². The Labute approximate surface area is 132 Å². The van der Waals surface area contributed by atoms with Crippen LogP contribution < -0.4 is 10.5 Å². The van der Waals surface area contributed by atoms with Crippen molar-refractivity contribution in [3.05, 3.63) is 16.0 Å². The highest BCUT2D eigenvalue weighted by molar-refractivity contribution is 6.39. The maximum absolute atomic E-state index is 13.3. The number of anilines is 1. The predicted octanol–water partition coefficient (Wildman–Crippen LogP) is 3.47. The van der Waals surface area contributed by atoms with Crippen LogP contribution in [-0.4, -0.2) is 24.2 Å². The second kappa shape index (κ2) is 8.24. The van der Waals surface area contributed by atoms with E-state index in [9.17, 15) is 9.18 Å². The van der Waals surface area contributed by atoms with Gasteiger partial charge in [0.1, 0.15) is 10.0 Å². The number of nitrogens with two attached hydrogens (primary N) is 1. The molecule has 0 spiro atoms. The number of nitrogens with zero attached hydrogens (tertiary/aromatic N) is 1. The first-order valence-corrected chi connectivity index (χ1v) is 7.16. The first-order valence-electron chi connectivity index (χ1n) is 6.41. The maximum Gasteiger partial charge on any atom is 0.344 e. The van der Waals surface area contributed by atoms with Crippen LogP contribution in [0.25, 0.3) is 0 Å². The summed E-state index contributed by atoms with van der Waals surface area (Å²) in [5, 5.41) is -0.530. The molecule has 0 saturated heterocycles. The van der Waals surface area contributed by atoms with Crippen LogP contribution in [0, 0.1) is 11.9 Å². The normalized spacial score (nSPS) is 10.8. The molecular formula is C13H17Cl2FN2O3. The minimum atomic E-state index is -1.01. The zero-order valence-electron chi connectivity index (χ0n) is 11.8. The number of pyridine rings is 1. The Morgan fingerprint density at radius 1 is 1.38 bits per heavy atom. The Kier molecular flexibility index (Phi) is 6.98. The molecule has 0 fully saturated rings. The van der Waals surface area contributed by atoms with E-state index in [1.807, 2.05) is 0 Å². The van der Waals surface area contributed by atoms with Gasteiger partial charge in [-0.3, -0.25) is 0 Å². The lowest BCUT2D eigenvalue weighted by atomic mass is 10.1. The van der Waals surface area contributed by atoms with Crippen LogP contribution in [0.3, 0.4) is 0 Å². The van der Waals surface area contributed by atoms with Gasteiger partial charge < -0.3 is 15.2 Å². The number of halogens is 3. The molecule has 1 aromatic rings. The van der Waals surface area contributed by atoms with Gasteiger partial charge in [-0.15, -0.1) is 0 Å². The van der Waals surface area contributed by atoms with E-state index in [1.165, 1.54) is 0 Å². The molecule has 0 radical (unpaired) electrons. The highest BCUT2D eigenvalue weighted by atomic mass is 35.5. The third-order valence-electron chi connectivity index (χ3n) is 2.56. The summed E-state index contributed by atoms with van der Waals surface area (Å²) in [4.78, 5) is 14.8. The Hall–Kier alpha value is -1.27. The summed E-state index contributed by atoms with van der Waals surface area (Å²) in [6.07, 6.45) is 1.73. The highest BCUT2D eigenvalue weighted by Gasteiger charge is 2.17. The number of rotatable bonds is 7. The quantitative estimate of drug-likeness (QED) is 0.468. The van der Waals surface area contributed by atoms with E-state index >= 15 is 0 Å². The van der Waals surface area contributed by atoms with Gasteiger partial charge in [0.25, 0.3) is 0 Å². The van der Waals surface area contributed by atoms with Crippen molar-refractivity contribution in [1.82, 2.24) is 4.98 Å². The molecule has 0 unspecified atom stereocenters. The summed E-state index contributed by atoms with van der Waals surface area (Å²) >= 11 is 11.3. The van der Waals surface area contributed by atoms with E-state index in [2.05, 4.69) is 18.8 Å². The highest BCUT2D eigenvalue weighted by Crippen LogP contribution is 2.35. The van der Waals surface area contributed by atoms with Gasteiger partial charge in [-0.05, 0) is 18.8 Å². The molecular weight excluding hydrogens is 322 g/mol. The number of hydrogen-bond donors (Lipinski definition) is 1. The van der Waals surface area contributed by atoms with Crippen LogP contribution in [-0.2, 0) is 9.53 Å². The molecule has 0 aromatic carbocycles. The Morgan fingerprint density at radius 3 is 2.67 bits per heavy atom. The van der Waals surface area contributed by atoms with Crippen LogP contribution >= 0.6 is 23.2 Å². The number of nitrogen functional groups attached to an aromatic ring is 1. The topological polar surface area (TPSA) is 74.4 Å². The van der Waals surface area contributed by atoms with Crippen molar-refractivity contribution < 1.29 is 18.7 Å². The fourth-order valence-corrected chi connectivity index (χ4v) is 1.83. The molecule has 0 bridgehead atoms. The third kappa shape index (κ3) is 5.55. The molecule has 1 rings (SSSR count). The molecule has 0 aliphatic carbocycles.